The van der Waals surface area contributed by atoms with Gasteiger partial charge in [0.1, 0.15) is 5.75 Å². The number of benzene rings is 1. The number of nitrogens with zero attached hydrogens (tertiary/aromatic N) is 1. The zero-order valence-electron chi connectivity index (χ0n) is 16.1. The lowest BCUT2D eigenvalue weighted by atomic mass is 9.74. The highest BCUT2D eigenvalue weighted by Crippen LogP contribution is 2.39. The molecule has 1 aromatic carbocycles. The lowest BCUT2D eigenvalue weighted by molar-refractivity contribution is -0.0187. The average Bonchev–Trinajstić information content (AvgIpc) is 2.67. The SMILES string of the molecule is CCCOc1ccc([C@@H](C)NC(=O)N2CCCC3(CCOCC3)C2)cc1. The minimum absolute atomic E-state index is 0.0182. The average molecular weight is 360 g/mol. The Labute approximate surface area is 157 Å². The number of piperidine rings is 1. The maximum absolute atomic E-state index is 12.8. The standard InChI is InChI=1S/C21H32N2O3/c1-3-13-26-19-7-5-18(6-8-19)17(2)22-20(24)23-12-4-9-21(16-23)10-14-25-15-11-21/h5-8,17H,3-4,9-16H2,1-2H3,(H,22,24)/t17-/m1/s1. The zero-order chi connectivity index (χ0) is 18.4. The number of carbonyl (C=O) groups excluding carboxylic acids is 1. The van der Waals surface area contributed by atoms with Crippen molar-refractivity contribution in [3.63, 3.8) is 0 Å². The zero-order valence-corrected chi connectivity index (χ0v) is 16.1. The molecule has 1 aromatic rings. The molecule has 2 fully saturated rings. The summed E-state index contributed by atoms with van der Waals surface area (Å²) in [6.45, 7) is 8.23. The molecule has 0 bridgehead atoms. The molecule has 26 heavy (non-hydrogen) atoms. The van der Waals surface area contributed by atoms with Crippen molar-refractivity contribution in [2.75, 3.05) is 32.9 Å². The summed E-state index contributed by atoms with van der Waals surface area (Å²) in [5.41, 5.74) is 1.37. The predicted octanol–water partition coefficient (Wildman–Crippen LogP) is 4.14. The molecule has 144 valence electrons. The van der Waals surface area contributed by atoms with Gasteiger partial charge in [-0.05, 0) is 62.1 Å². The highest BCUT2D eigenvalue weighted by molar-refractivity contribution is 5.75. The van der Waals surface area contributed by atoms with Gasteiger partial charge in [-0.1, -0.05) is 19.1 Å². The van der Waals surface area contributed by atoms with E-state index in [0.717, 1.165) is 69.9 Å². The van der Waals surface area contributed by atoms with Gasteiger partial charge in [-0.2, -0.15) is 0 Å². The number of nitrogens with one attached hydrogen (secondary N) is 1. The summed E-state index contributed by atoms with van der Waals surface area (Å²) < 4.78 is 11.1. The Morgan fingerprint density at radius 1 is 1.27 bits per heavy atom. The van der Waals surface area contributed by atoms with E-state index in [1.165, 1.54) is 6.42 Å². The van der Waals surface area contributed by atoms with Crippen molar-refractivity contribution in [3.05, 3.63) is 29.8 Å². The van der Waals surface area contributed by atoms with Gasteiger partial charge in [0, 0.05) is 26.3 Å². The molecule has 0 saturated carbocycles. The first-order valence-electron chi connectivity index (χ1n) is 9.98. The molecule has 2 amide bonds. The fraction of sp³-hybridized carbons (Fsp3) is 0.667. The van der Waals surface area contributed by atoms with Crippen LogP contribution in [0.3, 0.4) is 0 Å². The van der Waals surface area contributed by atoms with Crippen LogP contribution >= 0.6 is 0 Å². The molecule has 5 nitrogen and oxygen atoms in total. The molecule has 1 N–H and O–H groups in total. The molecule has 2 heterocycles. The molecular weight excluding hydrogens is 328 g/mol. The van der Waals surface area contributed by atoms with Crippen molar-refractivity contribution in [1.29, 1.82) is 0 Å². The first kappa shape index (κ1) is 19.0. The van der Waals surface area contributed by atoms with Crippen LogP contribution in [0.5, 0.6) is 5.75 Å². The van der Waals surface area contributed by atoms with Crippen molar-refractivity contribution in [2.45, 2.75) is 52.0 Å². The van der Waals surface area contributed by atoms with Crippen LogP contribution in [0.4, 0.5) is 4.79 Å². The molecule has 0 unspecified atom stereocenters. The molecule has 2 aliphatic heterocycles. The Morgan fingerprint density at radius 3 is 2.69 bits per heavy atom. The number of hydrogen-bond donors (Lipinski definition) is 1. The van der Waals surface area contributed by atoms with Gasteiger partial charge in [-0.3, -0.25) is 0 Å². The quantitative estimate of drug-likeness (QED) is 0.859. The molecule has 0 radical (unpaired) electrons. The van der Waals surface area contributed by atoms with Gasteiger partial charge in [-0.15, -0.1) is 0 Å². The van der Waals surface area contributed by atoms with E-state index in [4.69, 9.17) is 9.47 Å². The van der Waals surface area contributed by atoms with Crippen LogP contribution in [0, 0.1) is 5.41 Å². The van der Waals surface area contributed by atoms with Crippen LogP contribution in [0.2, 0.25) is 0 Å². The minimum atomic E-state index is -0.0182. The van der Waals surface area contributed by atoms with Gasteiger partial charge in [0.2, 0.25) is 0 Å². The lowest BCUT2D eigenvalue weighted by Gasteiger charge is -2.45. The molecule has 0 aliphatic carbocycles. The Bertz CT molecular complexity index is 576. The molecule has 1 atom stereocenters. The summed E-state index contributed by atoms with van der Waals surface area (Å²) in [4.78, 5) is 14.8. The number of hydrogen-bond acceptors (Lipinski definition) is 3. The largest absolute Gasteiger partial charge is 0.494 e. The van der Waals surface area contributed by atoms with Crippen LogP contribution in [0.1, 0.15) is 57.6 Å². The molecule has 3 rings (SSSR count). The maximum atomic E-state index is 12.8. The third-order valence-corrected chi connectivity index (χ3v) is 5.70. The van der Waals surface area contributed by atoms with Gasteiger partial charge in [0.25, 0.3) is 0 Å². The van der Waals surface area contributed by atoms with Gasteiger partial charge < -0.3 is 19.7 Å². The minimum Gasteiger partial charge on any atom is -0.494 e. The van der Waals surface area contributed by atoms with Crippen molar-refractivity contribution >= 4 is 6.03 Å². The van der Waals surface area contributed by atoms with Crippen LogP contribution in [0.25, 0.3) is 0 Å². The van der Waals surface area contributed by atoms with E-state index in [9.17, 15) is 4.79 Å². The third-order valence-electron chi connectivity index (χ3n) is 5.70. The summed E-state index contributed by atoms with van der Waals surface area (Å²) in [7, 11) is 0. The van der Waals surface area contributed by atoms with Gasteiger partial charge in [0.15, 0.2) is 0 Å². The summed E-state index contributed by atoms with van der Waals surface area (Å²) >= 11 is 0. The number of ether oxygens (including phenoxy) is 2. The Hall–Kier alpha value is -1.75. The van der Waals surface area contributed by atoms with Crippen LogP contribution in [0.15, 0.2) is 24.3 Å². The van der Waals surface area contributed by atoms with Crippen LogP contribution in [-0.2, 0) is 4.74 Å². The van der Waals surface area contributed by atoms with Crippen LogP contribution < -0.4 is 10.1 Å². The summed E-state index contributed by atoms with van der Waals surface area (Å²) in [5.74, 6) is 0.881. The molecule has 0 aromatic heterocycles. The lowest BCUT2D eigenvalue weighted by Crippen LogP contribution is -2.51. The molecule has 1 spiro atoms. The van der Waals surface area contributed by atoms with Crippen molar-refractivity contribution < 1.29 is 14.3 Å². The molecule has 5 heteroatoms. The van der Waals surface area contributed by atoms with E-state index in [1.807, 2.05) is 36.1 Å². The summed E-state index contributed by atoms with van der Waals surface area (Å²) in [6.07, 6.45) is 5.45. The Balaban J connectivity index is 1.55. The van der Waals surface area contributed by atoms with E-state index >= 15 is 0 Å². The summed E-state index contributed by atoms with van der Waals surface area (Å²) in [5, 5.41) is 3.17. The predicted molar refractivity (Wildman–Crippen MR) is 102 cm³/mol. The number of amides is 2. The van der Waals surface area contributed by atoms with Gasteiger partial charge in [0.05, 0.1) is 12.6 Å². The van der Waals surface area contributed by atoms with Gasteiger partial charge in [-0.25, -0.2) is 4.79 Å². The monoisotopic (exact) mass is 360 g/mol. The van der Waals surface area contributed by atoms with Crippen molar-refractivity contribution in [3.8, 4) is 5.75 Å². The molecule has 2 aliphatic rings. The van der Waals surface area contributed by atoms with E-state index in [2.05, 4.69) is 12.2 Å². The number of carbonyl (C=O) groups is 1. The van der Waals surface area contributed by atoms with E-state index < -0.39 is 0 Å². The second kappa shape index (κ2) is 8.76. The van der Waals surface area contributed by atoms with E-state index in [-0.39, 0.29) is 17.5 Å². The molecule has 2 saturated heterocycles. The second-order valence-electron chi connectivity index (χ2n) is 7.73. The number of likely N-dealkylation sites (tertiary alicyclic amines) is 1. The maximum Gasteiger partial charge on any atom is 0.317 e. The topological polar surface area (TPSA) is 50.8 Å². The van der Waals surface area contributed by atoms with Gasteiger partial charge >= 0.3 is 6.03 Å². The smallest absolute Gasteiger partial charge is 0.317 e. The first-order chi connectivity index (χ1) is 12.6. The highest BCUT2D eigenvalue weighted by atomic mass is 16.5. The Kier molecular flexibility index (Phi) is 6.41. The first-order valence-corrected chi connectivity index (χ1v) is 9.98. The fourth-order valence-corrected chi connectivity index (χ4v) is 4.03. The van der Waals surface area contributed by atoms with Crippen LogP contribution in [-0.4, -0.2) is 43.8 Å². The summed E-state index contributed by atoms with van der Waals surface area (Å²) in [6, 6.07) is 8.06. The second-order valence-corrected chi connectivity index (χ2v) is 7.73. The Morgan fingerprint density at radius 2 is 2.00 bits per heavy atom. The highest BCUT2D eigenvalue weighted by Gasteiger charge is 2.38. The molecular formula is C21H32N2O3. The third kappa shape index (κ3) is 4.70. The van der Waals surface area contributed by atoms with Crippen molar-refractivity contribution in [2.24, 2.45) is 5.41 Å². The normalized spacial score (nSPS) is 20.6. The number of urea groups is 1. The van der Waals surface area contributed by atoms with E-state index in [1.54, 1.807) is 0 Å². The van der Waals surface area contributed by atoms with E-state index in [0.29, 0.717) is 0 Å². The fourth-order valence-electron chi connectivity index (χ4n) is 4.03. The van der Waals surface area contributed by atoms with Crippen molar-refractivity contribution in [1.82, 2.24) is 10.2 Å². The number of rotatable bonds is 5.